The summed E-state index contributed by atoms with van der Waals surface area (Å²) in [4.78, 5) is 6.79. The lowest BCUT2D eigenvalue weighted by Gasteiger charge is -2.31. The molecule has 1 aromatic heterocycles. The number of nitrogens with two attached hydrogens (primary N) is 1. The maximum atomic E-state index is 8.70. The number of hydrogen-bond donors (Lipinski definition) is 2. The second-order valence-electron chi connectivity index (χ2n) is 6.20. The van der Waals surface area contributed by atoms with Crippen LogP contribution in [0.2, 0.25) is 0 Å². The van der Waals surface area contributed by atoms with Gasteiger partial charge in [0.1, 0.15) is 5.69 Å². The number of hydrogen-bond acceptors (Lipinski definition) is 4. The molecule has 5 nitrogen and oxygen atoms in total. The summed E-state index contributed by atoms with van der Waals surface area (Å²) in [5.41, 5.74) is 7.21. The van der Waals surface area contributed by atoms with Crippen LogP contribution in [0, 0.1) is 5.92 Å². The van der Waals surface area contributed by atoms with E-state index in [0.717, 1.165) is 12.2 Å². The second-order valence-corrected chi connectivity index (χ2v) is 6.20. The third-order valence-corrected chi connectivity index (χ3v) is 4.16. The highest BCUT2D eigenvalue weighted by Gasteiger charge is 2.23. The van der Waals surface area contributed by atoms with E-state index >= 15 is 0 Å². The van der Waals surface area contributed by atoms with Gasteiger partial charge in [-0.25, -0.2) is 0 Å². The number of amidine groups is 1. The average molecular weight is 290 g/mol. The van der Waals surface area contributed by atoms with Gasteiger partial charge in [-0.05, 0) is 37.3 Å². The van der Waals surface area contributed by atoms with Crippen molar-refractivity contribution in [3.05, 3.63) is 24.0 Å². The summed E-state index contributed by atoms with van der Waals surface area (Å²) in [5.74, 6) is 0.745. The zero-order valence-electron chi connectivity index (χ0n) is 13.0. The highest BCUT2D eigenvalue weighted by atomic mass is 16.4. The van der Waals surface area contributed by atoms with E-state index in [4.69, 9.17) is 10.9 Å². The Kier molecular flexibility index (Phi) is 5.42. The average Bonchev–Trinajstić information content (AvgIpc) is 3.01. The molecule has 1 aliphatic carbocycles. The van der Waals surface area contributed by atoms with Crippen molar-refractivity contribution in [3.8, 4) is 0 Å². The number of anilines is 1. The Bertz CT molecular complexity index is 464. The molecule has 0 spiro atoms. The second kappa shape index (κ2) is 7.29. The highest BCUT2D eigenvalue weighted by Crippen LogP contribution is 2.28. The molecule has 0 unspecified atom stereocenters. The lowest BCUT2D eigenvalue weighted by atomic mass is 10.1. The summed E-state index contributed by atoms with van der Waals surface area (Å²) in [6, 6.07) is 4.47. The van der Waals surface area contributed by atoms with Crippen LogP contribution in [0.5, 0.6) is 0 Å². The Balaban J connectivity index is 2.15. The quantitative estimate of drug-likeness (QED) is 0.365. The predicted molar refractivity (Wildman–Crippen MR) is 85.8 cm³/mol. The fourth-order valence-corrected chi connectivity index (χ4v) is 2.89. The maximum Gasteiger partial charge on any atom is 0.188 e. The molecule has 0 aliphatic heterocycles. The number of nitrogens with zero attached hydrogens (tertiary/aromatic N) is 3. The Morgan fingerprint density at radius 2 is 2.14 bits per heavy atom. The van der Waals surface area contributed by atoms with Gasteiger partial charge in [-0.3, -0.25) is 4.98 Å². The van der Waals surface area contributed by atoms with E-state index in [1.807, 2.05) is 18.3 Å². The Morgan fingerprint density at radius 3 is 2.67 bits per heavy atom. The third kappa shape index (κ3) is 4.09. The van der Waals surface area contributed by atoms with E-state index in [9.17, 15) is 0 Å². The molecule has 116 valence electrons. The molecule has 0 radical (unpaired) electrons. The van der Waals surface area contributed by atoms with Crippen molar-refractivity contribution in [2.45, 2.75) is 52.0 Å². The molecule has 2 rings (SSSR count). The van der Waals surface area contributed by atoms with Gasteiger partial charge in [0.2, 0.25) is 0 Å². The van der Waals surface area contributed by atoms with Crippen molar-refractivity contribution in [2.75, 3.05) is 11.4 Å². The Hall–Kier alpha value is -1.78. The van der Waals surface area contributed by atoms with E-state index in [-0.39, 0.29) is 5.84 Å². The summed E-state index contributed by atoms with van der Waals surface area (Å²) in [7, 11) is 0. The Labute approximate surface area is 126 Å². The minimum atomic E-state index is 0.0520. The van der Waals surface area contributed by atoms with E-state index in [1.165, 1.54) is 32.1 Å². The van der Waals surface area contributed by atoms with Crippen LogP contribution in [-0.2, 0) is 0 Å². The standard InChI is InChI=1S/C16H26N4O/c1-12(2)9-10-20(13-5-3-4-6-13)14-7-8-15(18-11-14)16(17)19-21/h7-8,11-13,21H,3-6,9-10H2,1-2H3,(H2,17,19). The van der Waals surface area contributed by atoms with Gasteiger partial charge >= 0.3 is 0 Å². The molecule has 1 aliphatic rings. The van der Waals surface area contributed by atoms with Crippen LogP contribution in [0.3, 0.4) is 0 Å². The molecular formula is C16H26N4O. The van der Waals surface area contributed by atoms with Gasteiger partial charge in [0.15, 0.2) is 5.84 Å². The summed E-state index contributed by atoms with van der Waals surface area (Å²) in [5, 5.41) is 11.7. The van der Waals surface area contributed by atoms with Crippen molar-refractivity contribution < 1.29 is 5.21 Å². The van der Waals surface area contributed by atoms with Gasteiger partial charge in [-0.2, -0.15) is 0 Å². The topological polar surface area (TPSA) is 74.7 Å². The molecule has 1 aromatic rings. The van der Waals surface area contributed by atoms with Crippen LogP contribution in [-0.4, -0.2) is 28.6 Å². The molecular weight excluding hydrogens is 264 g/mol. The van der Waals surface area contributed by atoms with Crippen molar-refractivity contribution in [3.63, 3.8) is 0 Å². The van der Waals surface area contributed by atoms with Crippen molar-refractivity contribution in [1.29, 1.82) is 0 Å². The summed E-state index contributed by atoms with van der Waals surface area (Å²) >= 11 is 0. The maximum absolute atomic E-state index is 8.70. The zero-order chi connectivity index (χ0) is 15.2. The predicted octanol–water partition coefficient (Wildman–Crippen LogP) is 2.97. The molecule has 0 amide bonds. The van der Waals surface area contributed by atoms with Crippen LogP contribution in [0.4, 0.5) is 5.69 Å². The van der Waals surface area contributed by atoms with Crippen LogP contribution in [0.15, 0.2) is 23.5 Å². The van der Waals surface area contributed by atoms with E-state index in [1.54, 1.807) is 0 Å². The molecule has 0 bridgehead atoms. The first-order chi connectivity index (χ1) is 10.1. The van der Waals surface area contributed by atoms with Gasteiger partial charge < -0.3 is 15.8 Å². The van der Waals surface area contributed by atoms with Crippen LogP contribution in [0.1, 0.15) is 51.6 Å². The molecule has 0 saturated heterocycles. The number of rotatable bonds is 6. The first kappa shape index (κ1) is 15.6. The molecule has 0 aromatic carbocycles. The smallest absolute Gasteiger partial charge is 0.188 e. The highest BCUT2D eigenvalue weighted by molar-refractivity contribution is 5.95. The van der Waals surface area contributed by atoms with Crippen molar-refractivity contribution in [2.24, 2.45) is 16.8 Å². The largest absolute Gasteiger partial charge is 0.409 e. The molecule has 5 heteroatoms. The minimum Gasteiger partial charge on any atom is -0.409 e. The Morgan fingerprint density at radius 1 is 1.43 bits per heavy atom. The van der Waals surface area contributed by atoms with Crippen molar-refractivity contribution in [1.82, 2.24) is 4.98 Å². The van der Waals surface area contributed by atoms with Gasteiger partial charge in [-0.15, -0.1) is 0 Å². The zero-order valence-corrected chi connectivity index (χ0v) is 13.0. The molecule has 1 fully saturated rings. The molecule has 1 heterocycles. The fraction of sp³-hybridized carbons (Fsp3) is 0.625. The van der Waals surface area contributed by atoms with E-state index < -0.39 is 0 Å². The lowest BCUT2D eigenvalue weighted by molar-refractivity contribution is 0.318. The van der Waals surface area contributed by atoms with E-state index in [0.29, 0.717) is 17.7 Å². The number of aromatic nitrogens is 1. The SMILES string of the molecule is CC(C)CCN(c1ccc(/C(N)=N/O)nc1)C1CCCC1. The van der Waals surface area contributed by atoms with Crippen molar-refractivity contribution >= 4 is 11.5 Å². The first-order valence-corrected chi connectivity index (χ1v) is 7.82. The van der Waals surface area contributed by atoms with Crippen LogP contribution >= 0.6 is 0 Å². The normalized spacial score (nSPS) is 16.6. The molecule has 0 atom stereocenters. The molecule has 1 saturated carbocycles. The van der Waals surface area contributed by atoms with Gasteiger partial charge in [0, 0.05) is 12.6 Å². The fourth-order valence-electron chi connectivity index (χ4n) is 2.89. The monoisotopic (exact) mass is 290 g/mol. The van der Waals surface area contributed by atoms with Crippen LogP contribution in [0.25, 0.3) is 0 Å². The molecule has 21 heavy (non-hydrogen) atoms. The minimum absolute atomic E-state index is 0.0520. The lowest BCUT2D eigenvalue weighted by Crippen LogP contribution is -2.35. The van der Waals surface area contributed by atoms with Gasteiger partial charge in [0.05, 0.1) is 11.9 Å². The van der Waals surface area contributed by atoms with Gasteiger partial charge in [0.25, 0.3) is 0 Å². The van der Waals surface area contributed by atoms with Gasteiger partial charge in [-0.1, -0.05) is 31.8 Å². The molecule has 3 N–H and O–H groups in total. The third-order valence-electron chi connectivity index (χ3n) is 4.16. The van der Waals surface area contributed by atoms with E-state index in [2.05, 4.69) is 28.9 Å². The number of oxime groups is 1. The first-order valence-electron chi connectivity index (χ1n) is 7.82. The van der Waals surface area contributed by atoms with Crippen LogP contribution < -0.4 is 10.6 Å². The number of pyridine rings is 1. The summed E-state index contributed by atoms with van der Waals surface area (Å²) in [6.07, 6.45) is 8.18. The summed E-state index contributed by atoms with van der Waals surface area (Å²) in [6.45, 7) is 5.58. The summed E-state index contributed by atoms with van der Waals surface area (Å²) < 4.78 is 0.